The van der Waals surface area contributed by atoms with E-state index in [0.717, 1.165) is 5.69 Å². The van der Waals surface area contributed by atoms with Crippen LogP contribution in [0.15, 0.2) is 12.5 Å². The van der Waals surface area contributed by atoms with Gasteiger partial charge in [-0.25, -0.2) is 4.98 Å². The van der Waals surface area contributed by atoms with Crippen LogP contribution in [-0.4, -0.2) is 22.5 Å². The van der Waals surface area contributed by atoms with E-state index in [1.165, 1.54) is 0 Å². The molecule has 0 unspecified atom stereocenters. The summed E-state index contributed by atoms with van der Waals surface area (Å²) in [5.74, 6) is 0.0225. The highest BCUT2D eigenvalue weighted by molar-refractivity contribution is 5.75. The van der Waals surface area contributed by atoms with Gasteiger partial charge in [-0.1, -0.05) is 0 Å². The van der Waals surface area contributed by atoms with Gasteiger partial charge in [-0.3, -0.25) is 4.79 Å². The van der Waals surface area contributed by atoms with Crippen molar-refractivity contribution in [3.63, 3.8) is 0 Å². The molecule has 0 saturated carbocycles. The third-order valence-corrected chi connectivity index (χ3v) is 2.07. The van der Waals surface area contributed by atoms with Crippen molar-refractivity contribution < 1.29 is 4.79 Å². The predicted octanol–water partition coefficient (Wildman–Crippen LogP) is 0.0389. The summed E-state index contributed by atoms with van der Waals surface area (Å²) >= 11 is 0. The first kappa shape index (κ1) is 10.7. The van der Waals surface area contributed by atoms with Crippen LogP contribution in [0.3, 0.4) is 0 Å². The van der Waals surface area contributed by atoms with Gasteiger partial charge in [0.25, 0.3) is 0 Å². The van der Waals surface area contributed by atoms with Crippen molar-refractivity contribution in [1.29, 1.82) is 0 Å². The molecule has 0 bridgehead atoms. The van der Waals surface area contributed by atoms with Crippen LogP contribution in [0.2, 0.25) is 0 Å². The summed E-state index contributed by atoms with van der Waals surface area (Å²) in [5.41, 5.74) is 6.69. The monoisotopic (exact) mass is 196 g/mol. The number of nitrogens with zero attached hydrogens (tertiary/aromatic N) is 2. The van der Waals surface area contributed by atoms with Crippen LogP contribution in [0.25, 0.3) is 0 Å². The first-order valence-electron chi connectivity index (χ1n) is 4.61. The molecule has 5 nitrogen and oxygen atoms in total. The van der Waals surface area contributed by atoms with E-state index in [4.69, 9.17) is 5.73 Å². The molecule has 1 amide bonds. The van der Waals surface area contributed by atoms with Crippen molar-refractivity contribution in [2.45, 2.75) is 25.9 Å². The van der Waals surface area contributed by atoms with Crippen LogP contribution < -0.4 is 11.1 Å². The summed E-state index contributed by atoms with van der Waals surface area (Å²) < 4.78 is 1.90. The molecule has 78 valence electrons. The van der Waals surface area contributed by atoms with Crippen molar-refractivity contribution >= 4 is 5.91 Å². The van der Waals surface area contributed by atoms with Crippen molar-refractivity contribution in [2.24, 2.45) is 5.73 Å². The standard InChI is InChI=1S/C9H16N4O/c1-7(10)8-5-12-6-13(8)4-3-9(14)11-2/h5-7H,3-4,10H2,1-2H3,(H,11,14)/t7-/m1/s1. The molecule has 0 saturated heterocycles. The normalized spacial score (nSPS) is 12.5. The fourth-order valence-corrected chi connectivity index (χ4v) is 1.24. The van der Waals surface area contributed by atoms with Crippen molar-refractivity contribution in [3.8, 4) is 0 Å². The summed E-state index contributed by atoms with van der Waals surface area (Å²) in [6, 6.07) is -0.0535. The first-order chi connectivity index (χ1) is 6.65. The van der Waals surface area contributed by atoms with Gasteiger partial charge in [0, 0.05) is 32.3 Å². The number of aryl methyl sites for hydroxylation is 1. The Balaban J connectivity index is 2.58. The second kappa shape index (κ2) is 4.76. The van der Waals surface area contributed by atoms with E-state index in [1.807, 2.05) is 11.5 Å². The minimum Gasteiger partial charge on any atom is -0.359 e. The number of amides is 1. The zero-order chi connectivity index (χ0) is 10.6. The van der Waals surface area contributed by atoms with Crippen LogP contribution in [0, 0.1) is 0 Å². The minimum absolute atomic E-state index is 0.0225. The van der Waals surface area contributed by atoms with Gasteiger partial charge in [-0.15, -0.1) is 0 Å². The zero-order valence-electron chi connectivity index (χ0n) is 8.53. The summed E-state index contributed by atoms with van der Waals surface area (Å²) in [6.07, 6.45) is 3.88. The molecule has 0 spiro atoms. The van der Waals surface area contributed by atoms with E-state index >= 15 is 0 Å². The Kier molecular flexibility index (Phi) is 3.64. The number of rotatable bonds is 4. The second-order valence-corrected chi connectivity index (χ2v) is 3.22. The number of hydrogen-bond acceptors (Lipinski definition) is 3. The van der Waals surface area contributed by atoms with Crippen molar-refractivity contribution in [1.82, 2.24) is 14.9 Å². The summed E-state index contributed by atoms with van der Waals surface area (Å²) in [7, 11) is 1.63. The molecular formula is C9H16N4O. The number of imidazole rings is 1. The number of nitrogens with one attached hydrogen (secondary N) is 1. The molecule has 3 N–H and O–H groups in total. The molecule has 0 radical (unpaired) electrons. The maximum Gasteiger partial charge on any atom is 0.221 e. The highest BCUT2D eigenvalue weighted by atomic mass is 16.1. The Bertz CT molecular complexity index is 306. The molecule has 5 heteroatoms. The summed E-state index contributed by atoms with van der Waals surface area (Å²) in [4.78, 5) is 15.0. The van der Waals surface area contributed by atoms with E-state index in [0.29, 0.717) is 13.0 Å². The summed E-state index contributed by atoms with van der Waals surface area (Å²) in [5, 5.41) is 2.57. The molecule has 0 aliphatic carbocycles. The lowest BCUT2D eigenvalue weighted by atomic mass is 10.2. The lowest BCUT2D eigenvalue weighted by molar-refractivity contribution is -0.120. The van der Waals surface area contributed by atoms with Gasteiger partial charge in [0.05, 0.1) is 12.0 Å². The first-order valence-corrected chi connectivity index (χ1v) is 4.61. The van der Waals surface area contributed by atoms with Gasteiger partial charge < -0.3 is 15.6 Å². The molecule has 0 aliphatic rings. The SMILES string of the molecule is CNC(=O)CCn1cncc1[C@@H](C)N. The van der Waals surface area contributed by atoms with E-state index in [-0.39, 0.29) is 11.9 Å². The van der Waals surface area contributed by atoms with Gasteiger partial charge >= 0.3 is 0 Å². The van der Waals surface area contributed by atoms with E-state index in [1.54, 1.807) is 19.6 Å². The van der Waals surface area contributed by atoms with Gasteiger partial charge in [0.2, 0.25) is 5.91 Å². The molecule has 1 heterocycles. The predicted molar refractivity (Wildman–Crippen MR) is 53.5 cm³/mol. The van der Waals surface area contributed by atoms with Crippen LogP contribution in [-0.2, 0) is 11.3 Å². The molecule has 1 aromatic heterocycles. The second-order valence-electron chi connectivity index (χ2n) is 3.22. The number of carbonyl (C=O) groups is 1. The molecule has 1 aromatic rings. The maximum absolute atomic E-state index is 11.0. The smallest absolute Gasteiger partial charge is 0.221 e. The van der Waals surface area contributed by atoms with E-state index in [2.05, 4.69) is 10.3 Å². The lowest BCUT2D eigenvalue weighted by Crippen LogP contribution is -2.20. The zero-order valence-corrected chi connectivity index (χ0v) is 8.53. The summed E-state index contributed by atoms with van der Waals surface area (Å²) in [6.45, 7) is 2.52. The molecule has 1 rings (SSSR count). The average Bonchev–Trinajstić information content (AvgIpc) is 2.62. The molecule has 0 aromatic carbocycles. The van der Waals surface area contributed by atoms with E-state index < -0.39 is 0 Å². The molecule has 0 aliphatic heterocycles. The Morgan fingerprint density at radius 1 is 1.79 bits per heavy atom. The van der Waals surface area contributed by atoms with Gasteiger partial charge in [0.1, 0.15) is 0 Å². The largest absolute Gasteiger partial charge is 0.359 e. The molecular weight excluding hydrogens is 180 g/mol. The quantitative estimate of drug-likeness (QED) is 0.714. The van der Waals surface area contributed by atoms with Gasteiger partial charge in [-0.05, 0) is 6.92 Å². The fraction of sp³-hybridized carbons (Fsp3) is 0.556. The third kappa shape index (κ3) is 2.56. The molecule has 14 heavy (non-hydrogen) atoms. The maximum atomic E-state index is 11.0. The number of hydrogen-bond donors (Lipinski definition) is 2. The molecule has 1 atom stereocenters. The van der Waals surface area contributed by atoms with E-state index in [9.17, 15) is 4.79 Å². The van der Waals surface area contributed by atoms with Crippen LogP contribution in [0.5, 0.6) is 0 Å². The Hall–Kier alpha value is -1.36. The molecule has 0 fully saturated rings. The highest BCUT2D eigenvalue weighted by Crippen LogP contribution is 2.08. The minimum atomic E-state index is -0.0535. The van der Waals surface area contributed by atoms with Crippen molar-refractivity contribution in [3.05, 3.63) is 18.2 Å². The van der Waals surface area contributed by atoms with Crippen LogP contribution in [0.4, 0.5) is 0 Å². The Labute approximate surface area is 83.3 Å². The number of nitrogens with two attached hydrogens (primary N) is 1. The number of carbonyl (C=O) groups excluding carboxylic acids is 1. The van der Waals surface area contributed by atoms with Gasteiger partial charge in [0.15, 0.2) is 0 Å². The van der Waals surface area contributed by atoms with Crippen LogP contribution >= 0.6 is 0 Å². The Morgan fingerprint density at radius 3 is 3.07 bits per heavy atom. The number of aromatic nitrogens is 2. The van der Waals surface area contributed by atoms with Gasteiger partial charge in [-0.2, -0.15) is 0 Å². The Morgan fingerprint density at radius 2 is 2.50 bits per heavy atom. The van der Waals surface area contributed by atoms with Crippen molar-refractivity contribution in [2.75, 3.05) is 7.05 Å². The topological polar surface area (TPSA) is 72.9 Å². The third-order valence-electron chi connectivity index (χ3n) is 2.07. The van der Waals surface area contributed by atoms with Crippen LogP contribution in [0.1, 0.15) is 25.1 Å². The average molecular weight is 196 g/mol. The fourth-order valence-electron chi connectivity index (χ4n) is 1.24. The lowest BCUT2D eigenvalue weighted by Gasteiger charge is -2.09. The highest BCUT2D eigenvalue weighted by Gasteiger charge is 2.07.